The van der Waals surface area contributed by atoms with Gasteiger partial charge in [-0.1, -0.05) is 53.1 Å². The monoisotopic (exact) mass is 476 g/mol. The fraction of sp³-hybridized carbons (Fsp3) is 0.160. The highest BCUT2D eigenvalue weighted by Crippen LogP contribution is 2.25. The fourth-order valence-electron chi connectivity index (χ4n) is 3.40. The zero-order chi connectivity index (χ0) is 24.3. The molecular formula is C25H24N4O4S. The van der Waals surface area contributed by atoms with Gasteiger partial charge in [0, 0.05) is 24.7 Å². The lowest BCUT2D eigenvalue weighted by Gasteiger charge is -2.17. The minimum atomic E-state index is -3.71. The van der Waals surface area contributed by atoms with E-state index >= 15 is 0 Å². The van der Waals surface area contributed by atoms with Gasteiger partial charge in [-0.25, -0.2) is 8.42 Å². The van der Waals surface area contributed by atoms with Crippen LogP contribution in [0.4, 0.5) is 6.01 Å². The van der Waals surface area contributed by atoms with Crippen LogP contribution in [-0.4, -0.2) is 35.9 Å². The van der Waals surface area contributed by atoms with Gasteiger partial charge in [-0.3, -0.25) is 10.1 Å². The number of carbonyl (C=O) groups excluding carboxylic acids is 1. The second-order valence-electron chi connectivity index (χ2n) is 7.96. The van der Waals surface area contributed by atoms with Crippen LogP contribution in [0.3, 0.4) is 0 Å². The summed E-state index contributed by atoms with van der Waals surface area (Å²) in [6.45, 7) is 4.14. The number of hydrogen-bond donors (Lipinski definition) is 1. The summed E-state index contributed by atoms with van der Waals surface area (Å²) in [6.07, 6.45) is 0. The number of aryl methyl sites for hydroxylation is 2. The number of aromatic nitrogens is 2. The lowest BCUT2D eigenvalue weighted by atomic mass is 10.1. The fourth-order valence-corrected chi connectivity index (χ4v) is 4.56. The zero-order valence-electron chi connectivity index (χ0n) is 19.0. The van der Waals surface area contributed by atoms with Gasteiger partial charge in [0.1, 0.15) is 0 Å². The summed E-state index contributed by atoms with van der Waals surface area (Å²) in [5, 5.41) is 10.5. The molecule has 0 aliphatic rings. The molecule has 34 heavy (non-hydrogen) atoms. The van der Waals surface area contributed by atoms with Crippen molar-refractivity contribution in [3.8, 4) is 11.5 Å². The lowest BCUT2D eigenvalue weighted by molar-refractivity contribution is 0.102. The van der Waals surface area contributed by atoms with E-state index < -0.39 is 15.9 Å². The molecule has 4 rings (SSSR count). The molecule has 0 saturated carbocycles. The number of anilines is 1. The normalized spacial score (nSPS) is 11.5. The molecule has 0 fully saturated rings. The van der Waals surface area contributed by atoms with E-state index in [4.69, 9.17) is 4.42 Å². The third kappa shape index (κ3) is 5.05. The molecule has 0 aliphatic carbocycles. The predicted molar refractivity (Wildman–Crippen MR) is 129 cm³/mol. The number of sulfonamides is 1. The molecule has 9 heteroatoms. The van der Waals surface area contributed by atoms with Gasteiger partial charge in [0.25, 0.3) is 5.91 Å². The van der Waals surface area contributed by atoms with Crippen molar-refractivity contribution < 1.29 is 17.6 Å². The first-order valence-electron chi connectivity index (χ1n) is 10.6. The Labute approximate surface area is 198 Å². The first-order chi connectivity index (χ1) is 16.2. The molecule has 0 radical (unpaired) electrons. The second-order valence-corrected chi connectivity index (χ2v) is 10.0. The van der Waals surface area contributed by atoms with Crippen LogP contribution >= 0.6 is 0 Å². The Morgan fingerprint density at radius 2 is 1.68 bits per heavy atom. The molecule has 0 spiro atoms. The van der Waals surface area contributed by atoms with E-state index in [2.05, 4.69) is 15.5 Å². The Morgan fingerprint density at radius 3 is 2.38 bits per heavy atom. The average molecular weight is 477 g/mol. The standard InChI is InChI=1S/C25H24N4O4S/c1-17-9-10-18(2)22(15-17)24-27-28-25(33-24)26-23(30)20-11-13-21(14-12-20)34(31,32)29(3)16-19-7-5-4-6-8-19/h4-15H,16H2,1-3H3,(H,26,28,30). The molecule has 0 unspecified atom stereocenters. The Hall–Kier alpha value is -3.82. The molecule has 1 heterocycles. The van der Waals surface area contributed by atoms with Crippen molar-refractivity contribution >= 4 is 21.9 Å². The second kappa shape index (κ2) is 9.58. The number of benzene rings is 3. The number of nitrogens with zero attached hydrogens (tertiary/aromatic N) is 3. The predicted octanol–water partition coefficient (Wildman–Crippen LogP) is 4.43. The summed E-state index contributed by atoms with van der Waals surface area (Å²) in [6, 6.07) is 20.9. The van der Waals surface area contributed by atoms with Gasteiger partial charge in [-0.05, 0) is 55.3 Å². The van der Waals surface area contributed by atoms with E-state index in [1.54, 1.807) is 0 Å². The van der Waals surface area contributed by atoms with E-state index in [1.165, 1.54) is 35.6 Å². The van der Waals surface area contributed by atoms with Gasteiger partial charge >= 0.3 is 6.01 Å². The van der Waals surface area contributed by atoms with Crippen molar-refractivity contribution in [1.82, 2.24) is 14.5 Å². The minimum absolute atomic E-state index is 0.0415. The van der Waals surface area contributed by atoms with Crippen molar-refractivity contribution in [1.29, 1.82) is 0 Å². The maximum absolute atomic E-state index is 12.9. The van der Waals surface area contributed by atoms with Gasteiger partial charge in [-0.2, -0.15) is 4.31 Å². The molecule has 1 aromatic heterocycles. The zero-order valence-corrected chi connectivity index (χ0v) is 19.8. The van der Waals surface area contributed by atoms with Crippen molar-refractivity contribution in [3.63, 3.8) is 0 Å². The average Bonchev–Trinajstić information content (AvgIpc) is 3.29. The van der Waals surface area contributed by atoms with Crippen LogP contribution in [0.2, 0.25) is 0 Å². The summed E-state index contributed by atoms with van der Waals surface area (Å²) >= 11 is 0. The number of hydrogen-bond acceptors (Lipinski definition) is 6. The summed E-state index contributed by atoms with van der Waals surface area (Å²) in [7, 11) is -2.19. The van der Waals surface area contributed by atoms with Crippen LogP contribution in [-0.2, 0) is 16.6 Å². The van der Waals surface area contributed by atoms with E-state index in [0.717, 1.165) is 22.3 Å². The number of amides is 1. The maximum atomic E-state index is 12.9. The number of carbonyl (C=O) groups is 1. The van der Waals surface area contributed by atoms with Crippen molar-refractivity contribution in [2.24, 2.45) is 0 Å². The van der Waals surface area contributed by atoms with Crippen molar-refractivity contribution in [2.45, 2.75) is 25.3 Å². The SMILES string of the molecule is Cc1ccc(C)c(-c2nnc(NC(=O)c3ccc(S(=O)(=O)N(C)Cc4ccccc4)cc3)o2)c1. The Morgan fingerprint density at radius 1 is 0.971 bits per heavy atom. The Balaban J connectivity index is 1.45. The molecule has 3 aromatic carbocycles. The molecule has 0 aliphatic heterocycles. The highest BCUT2D eigenvalue weighted by Gasteiger charge is 2.22. The van der Waals surface area contributed by atoms with E-state index in [0.29, 0.717) is 5.89 Å². The molecular weight excluding hydrogens is 452 g/mol. The van der Waals surface area contributed by atoms with Gasteiger partial charge in [0.05, 0.1) is 4.90 Å². The van der Waals surface area contributed by atoms with E-state index in [-0.39, 0.29) is 23.0 Å². The molecule has 174 valence electrons. The molecule has 4 aromatic rings. The first-order valence-corrected chi connectivity index (χ1v) is 12.0. The molecule has 0 saturated heterocycles. The first kappa shape index (κ1) is 23.3. The van der Waals surface area contributed by atoms with Crippen LogP contribution in [0.25, 0.3) is 11.5 Å². The minimum Gasteiger partial charge on any atom is -0.403 e. The third-order valence-electron chi connectivity index (χ3n) is 5.34. The Bertz CT molecular complexity index is 1420. The highest BCUT2D eigenvalue weighted by molar-refractivity contribution is 7.89. The molecule has 8 nitrogen and oxygen atoms in total. The lowest BCUT2D eigenvalue weighted by Crippen LogP contribution is -2.26. The summed E-state index contributed by atoms with van der Waals surface area (Å²) < 4.78 is 32.7. The summed E-state index contributed by atoms with van der Waals surface area (Å²) in [4.78, 5) is 12.7. The third-order valence-corrected chi connectivity index (χ3v) is 7.16. The Kier molecular flexibility index (Phi) is 6.58. The molecule has 0 atom stereocenters. The summed E-state index contributed by atoms with van der Waals surface area (Å²) in [5.74, 6) is -0.183. The highest BCUT2D eigenvalue weighted by atomic mass is 32.2. The van der Waals surface area contributed by atoms with Crippen LogP contribution < -0.4 is 5.32 Å². The summed E-state index contributed by atoms with van der Waals surface area (Å²) in [5.41, 5.74) is 3.96. The smallest absolute Gasteiger partial charge is 0.322 e. The topological polar surface area (TPSA) is 105 Å². The van der Waals surface area contributed by atoms with Crippen molar-refractivity contribution in [3.05, 3.63) is 95.1 Å². The number of rotatable bonds is 7. The largest absolute Gasteiger partial charge is 0.403 e. The maximum Gasteiger partial charge on any atom is 0.322 e. The van der Waals surface area contributed by atoms with Crippen molar-refractivity contribution in [2.75, 3.05) is 12.4 Å². The van der Waals surface area contributed by atoms with Gasteiger partial charge in [0.15, 0.2) is 0 Å². The van der Waals surface area contributed by atoms with Crippen LogP contribution in [0.15, 0.2) is 82.1 Å². The molecule has 1 N–H and O–H groups in total. The van der Waals surface area contributed by atoms with Crippen LogP contribution in [0.5, 0.6) is 0 Å². The van der Waals surface area contributed by atoms with E-state index in [1.807, 2.05) is 62.4 Å². The van der Waals surface area contributed by atoms with Gasteiger partial charge in [-0.15, -0.1) is 5.10 Å². The molecule has 1 amide bonds. The molecule has 0 bridgehead atoms. The van der Waals surface area contributed by atoms with Crippen LogP contribution in [0.1, 0.15) is 27.0 Å². The van der Waals surface area contributed by atoms with E-state index in [9.17, 15) is 13.2 Å². The quantitative estimate of drug-likeness (QED) is 0.423. The number of nitrogens with one attached hydrogen (secondary N) is 1. The van der Waals surface area contributed by atoms with Crippen LogP contribution in [0, 0.1) is 13.8 Å². The van der Waals surface area contributed by atoms with Gasteiger partial charge < -0.3 is 4.42 Å². The van der Waals surface area contributed by atoms with Gasteiger partial charge in [0.2, 0.25) is 15.9 Å².